The molecule has 0 N–H and O–H groups in total. The standard InChI is InChI=1S/C18H19FN2O2/c1-11-14(9-12-5-6-13(19)10-15(12)20-11)18(22)21-7-8-23-17-4-2-3-16(17)21/h5-6,9-10,16-17H,2-4,7-8H2,1H3/t16-,17-/m1/s1. The second-order valence-electron chi connectivity index (χ2n) is 6.36. The van der Waals surface area contributed by atoms with Gasteiger partial charge in [-0.3, -0.25) is 9.78 Å². The molecule has 1 saturated heterocycles. The van der Waals surface area contributed by atoms with Crippen LogP contribution >= 0.6 is 0 Å². The fourth-order valence-electron chi connectivity index (χ4n) is 3.79. The van der Waals surface area contributed by atoms with Crippen molar-refractivity contribution in [1.29, 1.82) is 0 Å². The zero-order valence-electron chi connectivity index (χ0n) is 13.1. The molecule has 1 saturated carbocycles. The zero-order chi connectivity index (χ0) is 16.0. The van der Waals surface area contributed by atoms with Crippen LogP contribution in [0.1, 0.15) is 35.3 Å². The second kappa shape index (κ2) is 5.57. The number of nitrogens with zero attached hydrogens (tertiary/aromatic N) is 2. The Morgan fingerprint density at radius 1 is 1.35 bits per heavy atom. The summed E-state index contributed by atoms with van der Waals surface area (Å²) < 4.78 is 19.1. The highest BCUT2D eigenvalue weighted by Gasteiger charge is 2.39. The molecule has 1 aromatic heterocycles. The fourth-order valence-corrected chi connectivity index (χ4v) is 3.79. The maximum absolute atomic E-state index is 13.3. The predicted octanol–water partition coefficient (Wildman–Crippen LogP) is 3.08. The SMILES string of the molecule is Cc1nc2cc(F)ccc2cc1C(=O)N1CCO[C@@H]2CCC[C@H]21. The van der Waals surface area contributed by atoms with Gasteiger partial charge in [0.15, 0.2) is 0 Å². The van der Waals surface area contributed by atoms with Gasteiger partial charge in [0.1, 0.15) is 5.82 Å². The Balaban J connectivity index is 1.71. The molecule has 1 aromatic carbocycles. The second-order valence-corrected chi connectivity index (χ2v) is 6.36. The summed E-state index contributed by atoms with van der Waals surface area (Å²) in [5, 5.41) is 0.789. The van der Waals surface area contributed by atoms with Crippen LogP contribution in [0.2, 0.25) is 0 Å². The third kappa shape index (κ3) is 2.49. The van der Waals surface area contributed by atoms with Crippen LogP contribution < -0.4 is 0 Å². The third-order valence-electron chi connectivity index (χ3n) is 4.94. The van der Waals surface area contributed by atoms with E-state index in [4.69, 9.17) is 4.74 Å². The molecule has 4 nitrogen and oxygen atoms in total. The average Bonchev–Trinajstić information content (AvgIpc) is 3.02. The highest BCUT2D eigenvalue weighted by molar-refractivity contribution is 5.99. The van der Waals surface area contributed by atoms with Crippen molar-refractivity contribution in [2.45, 2.75) is 38.3 Å². The quantitative estimate of drug-likeness (QED) is 0.812. The van der Waals surface area contributed by atoms with Crippen LogP contribution in [0, 0.1) is 12.7 Å². The van der Waals surface area contributed by atoms with E-state index in [-0.39, 0.29) is 23.9 Å². The van der Waals surface area contributed by atoms with Crippen LogP contribution in [-0.4, -0.2) is 41.1 Å². The first-order valence-corrected chi connectivity index (χ1v) is 8.13. The van der Waals surface area contributed by atoms with Crippen molar-refractivity contribution in [3.8, 4) is 0 Å². The molecule has 2 aromatic rings. The Labute approximate surface area is 134 Å². The number of aryl methyl sites for hydroxylation is 1. The van der Waals surface area contributed by atoms with Gasteiger partial charge in [0.2, 0.25) is 0 Å². The molecule has 2 heterocycles. The largest absolute Gasteiger partial charge is 0.374 e. The number of halogens is 1. The third-order valence-corrected chi connectivity index (χ3v) is 4.94. The number of morpholine rings is 1. The minimum atomic E-state index is -0.314. The van der Waals surface area contributed by atoms with E-state index >= 15 is 0 Å². The number of carbonyl (C=O) groups excluding carboxylic acids is 1. The molecular formula is C18H19FN2O2. The Hall–Kier alpha value is -2.01. The van der Waals surface area contributed by atoms with E-state index in [9.17, 15) is 9.18 Å². The molecule has 120 valence electrons. The van der Waals surface area contributed by atoms with Gasteiger partial charge < -0.3 is 9.64 Å². The summed E-state index contributed by atoms with van der Waals surface area (Å²) in [6.07, 6.45) is 3.31. The molecule has 1 aliphatic heterocycles. The summed E-state index contributed by atoms with van der Waals surface area (Å²) in [7, 11) is 0. The number of amides is 1. The summed E-state index contributed by atoms with van der Waals surface area (Å²) in [4.78, 5) is 19.4. The Morgan fingerprint density at radius 2 is 2.22 bits per heavy atom. The van der Waals surface area contributed by atoms with Gasteiger partial charge in [0.25, 0.3) is 5.91 Å². The summed E-state index contributed by atoms with van der Waals surface area (Å²) >= 11 is 0. The highest BCUT2D eigenvalue weighted by atomic mass is 19.1. The topological polar surface area (TPSA) is 42.4 Å². The number of aromatic nitrogens is 1. The first-order valence-electron chi connectivity index (χ1n) is 8.13. The molecule has 0 unspecified atom stereocenters. The number of benzene rings is 1. The number of hydrogen-bond donors (Lipinski definition) is 0. The van der Waals surface area contributed by atoms with Crippen molar-refractivity contribution in [2.75, 3.05) is 13.2 Å². The lowest BCUT2D eigenvalue weighted by atomic mass is 10.1. The zero-order valence-corrected chi connectivity index (χ0v) is 13.1. The highest BCUT2D eigenvalue weighted by Crippen LogP contribution is 2.31. The first kappa shape index (κ1) is 14.6. The lowest BCUT2D eigenvalue weighted by Gasteiger charge is -2.37. The fraction of sp³-hybridized carbons (Fsp3) is 0.444. The van der Waals surface area contributed by atoms with Gasteiger partial charge in [0.05, 0.1) is 35.5 Å². The Kier molecular flexibility index (Phi) is 3.53. The molecule has 1 aliphatic carbocycles. The molecule has 0 bridgehead atoms. The van der Waals surface area contributed by atoms with Crippen LogP contribution in [0.4, 0.5) is 4.39 Å². The number of ether oxygens (including phenoxy) is 1. The van der Waals surface area contributed by atoms with Crippen LogP contribution in [0.15, 0.2) is 24.3 Å². The van der Waals surface area contributed by atoms with E-state index in [1.54, 1.807) is 6.07 Å². The normalized spacial score (nSPS) is 24.0. The molecule has 5 heteroatoms. The van der Waals surface area contributed by atoms with E-state index in [0.29, 0.717) is 29.9 Å². The number of fused-ring (bicyclic) bond motifs is 2. The van der Waals surface area contributed by atoms with Crippen molar-refractivity contribution in [2.24, 2.45) is 0 Å². The van der Waals surface area contributed by atoms with E-state index in [1.165, 1.54) is 12.1 Å². The summed E-state index contributed by atoms with van der Waals surface area (Å²) in [6, 6.07) is 6.48. The monoisotopic (exact) mass is 314 g/mol. The molecule has 2 fully saturated rings. The van der Waals surface area contributed by atoms with E-state index in [1.807, 2.05) is 17.9 Å². The van der Waals surface area contributed by atoms with Gasteiger partial charge >= 0.3 is 0 Å². The molecule has 0 spiro atoms. The van der Waals surface area contributed by atoms with Crippen LogP contribution in [-0.2, 0) is 4.74 Å². The number of rotatable bonds is 1. The number of carbonyl (C=O) groups is 1. The van der Waals surface area contributed by atoms with Crippen molar-refractivity contribution < 1.29 is 13.9 Å². The van der Waals surface area contributed by atoms with Crippen LogP contribution in [0.25, 0.3) is 10.9 Å². The van der Waals surface area contributed by atoms with Gasteiger partial charge in [-0.2, -0.15) is 0 Å². The average molecular weight is 314 g/mol. The molecule has 4 rings (SSSR count). The minimum absolute atomic E-state index is 0.0152. The summed E-state index contributed by atoms with van der Waals surface area (Å²) in [6.45, 7) is 3.03. The number of pyridine rings is 1. The van der Waals surface area contributed by atoms with Gasteiger partial charge in [0, 0.05) is 18.0 Å². The molecular weight excluding hydrogens is 295 g/mol. The van der Waals surface area contributed by atoms with Crippen molar-refractivity contribution >= 4 is 16.8 Å². The maximum atomic E-state index is 13.3. The van der Waals surface area contributed by atoms with Crippen molar-refractivity contribution in [3.63, 3.8) is 0 Å². The smallest absolute Gasteiger partial charge is 0.256 e. The number of hydrogen-bond acceptors (Lipinski definition) is 3. The summed E-state index contributed by atoms with van der Waals surface area (Å²) in [5.41, 5.74) is 1.84. The molecule has 2 aliphatic rings. The van der Waals surface area contributed by atoms with Gasteiger partial charge in [-0.25, -0.2) is 4.39 Å². The van der Waals surface area contributed by atoms with E-state index in [2.05, 4.69) is 4.98 Å². The van der Waals surface area contributed by atoms with Gasteiger partial charge in [-0.05, 0) is 44.4 Å². The van der Waals surface area contributed by atoms with Crippen LogP contribution in [0.3, 0.4) is 0 Å². The Bertz CT molecular complexity index is 777. The molecule has 0 radical (unpaired) electrons. The lowest BCUT2D eigenvalue weighted by Crippen LogP contribution is -2.51. The minimum Gasteiger partial charge on any atom is -0.374 e. The Morgan fingerprint density at radius 3 is 3.09 bits per heavy atom. The molecule has 2 atom stereocenters. The molecule has 1 amide bonds. The first-order chi connectivity index (χ1) is 11.1. The van der Waals surface area contributed by atoms with Gasteiger partial charge in [-0.1, -0.05) is 0 Å². The van der Waals surface area contributed by atoms with E-state index in [0.717, 1.165) is 24.6 Å². The maximum Gasteiger partial charge on any atom is 0.256 e. The lowest BCUT2D eigenvalue weighted by molar-refractivity contribution is -0.0445. The summed E-state index contributed by atoms with van der Waals surface area (Å²) in [5.74, 6) is -0.299. The van der Waals surface area contributed by atoms with Crippen LogP contribution in [0.5, 0.6) is 0 Å². The van der Waals surface area contributed by atoms with E-state index < -0.39 is 0 Å². The predicted molar refractivity (Wildman–Crippen MR) is 84.9 cm³/mol. The van der Waals surface area contributed by atoms with Gasteiger partial charge in [-0.15, -0.1) is 0 Å². The molecule has 23 heavy (non-hydrogen) atoms. The van der Waals surface area contributed by atoms with Crippen molar-refractivity contribution in [3.05, 3.63) is 41.3 Å². The van der Waals surface area contributed by atoms with Crippen molar-refractivity contribution in [1.82, 2.24) is 9.88 Å².